The first-order valence-electron chi connectivity index (χ1n) is 6.76. The molecule has 2 unspecified atom stereocenters. The maximum Gasteiger partial charge on any atom is 0.151 e. The fraction of sp³-hybridized carbons (Fsp3) is 0.600. The van der Waals surface area contributed by atoms with Crippen molar-refractivity contribution in [3.05, 3.63) is 34.9 Å². The number of sulfone groups is 1. The number of hydrogen-bond donors (Lipinski definition) is 1. The summed E-state index contributed by atoms with van der Waals surface area (Å²) < 4.78 is 23.7. The van der Waals surface area contributed by atoms with E-state index in [0.717, 1.165) is 24.1 Å². The molecule has 0 heterocycles. The van der Waals surface area contributed by atoms with Crippen LogP contribution < -0.4 is 5.32 Å². The Bertz CT molecular complexity index is 523. The van der Waals surface area contributed by atoms with Crippen molar-refractivity contribution in [2.24, 2.45) is 0 Å². The molecule has 19 heavy (non-hydrogen) atoms. The van der Waals surface area contributed by atoms with Gasteiger partial charge < -0.3 is 5.32 Å². The molecule has 0 aromatic heterocycles. The molecule has 1 rings (SSSR count). The number of benzene rings is 1. The second-order valence-corrected chi connectivity index (χ2v) is 7.73. The number of rotatable bonds is 6. The van der Waals surface area contributed by atoms with Crippen LogP contribution in [0.5, 0.6) is 0 Å². The van der Waals surface area contributed by atoms with E-state index in [2.05, 4.69) is 18.3 Å². The zero-order valence-electron chi connectivity index (χ0n) is 12.5. The van der Waals surface area contributed by atoms with Crippen molar-refractivity contribution in [2.45, 2.75) is 45.4 Å². The molecule has 0 radical (unpaired) electrons. The van der Waals surface area contributed by atoms with E-state index < -0.39 is 15.1 Å². The fourth-order valence-corrected chi connectivity index (χ4v) is 2.99. The van der Waals surface area contributed by atoms with Gasteiger partial charge in [-0.2, -0.15) is 0 Å². The molecule has 0 aliphatic carbocycles. The van der Waals surface area contributed by atoms with Gasteiger partial charge in [0.2, 0.25) is 0 Å². The Morgan fingerprint density at radius 3 is 2.37 bits per heavy atom. The molecule has 0 spiro atoms. The SMILES string of the molecule is CCCNC(c1ccc(C)cc1C)C(C)S(C)(=O)=O. The third-order valence-corrected chi connectivity index (χ3v) is 5.14. The standard InChI is InChI=1S/C15H25NO2S/c1-6-9-16-15(13(4)19(5,17)18)14-8-7-11(2)10-12(14)3/h7-8,10,13,15-16H,6,9H2,1-5H3. The Balaban J connectivity index is 3.16. The summed E-state index contributed by atoms with van der Waals surface area (Å²) >= 11 is 0. The summed E-state index contributed by atoms with van der Waals surface area (Å²) in [5.74, 6) is 0. The van der Waals surface area contributed by atoms with E-state index in [1.165, 1.54) is 11.8 Å². The minimum atomic E-state index is -3.07. The van der Waals surface area contributed by atoms with Gasteiger partial charge in [0.25, 0.3) is 0 Å². The molecule has 0 saturated carbocycles. The van der Waals surface area contributed by atoms with Gasteiger partial charge in [-0.1, -0.05) is 30.7 Å². The van der Waals surface area contributed by atoms with E-state index in [4.69, 9.17) is 0 Å². The highest BCUT2D eigenvalue weighted by molar-refractivity contribution is 7.91. The molecule has 0 aliphatic rings. The summed E-state index contributed by atoms with van der Waals surface area (Å²) in [4.78, 5) is 0. The summed E-state index contributed by atoms with van der Waals surface area (Å²) in [6.45, 7) is 8.76. The maximum atomic E-state index is 11.8. The van der Waals surface area contributed by atoms with Crippen LogP contribution in [0.25, 0.3) is 0 Å². The van der Waals surface area contributed by atoms with Crippen LogP contribution in [0, 0.1) is 13.8 Å². The molecule has 0 aliphatic heterocycles. The number of aryl methyl sites for hydroxylation is 2. The van der Waals surface area contributed by atoms with Crippen molar-refractivity contribution in [3.63, 3.8) is 0 Å². The summed E-state index contributed by atoms with van der Waals surface area (Å²) in [6.07, 6.45) is 2.29. The van der Waals surface area contributed by atoms with Crippen LogP contribution in [-0.4, -0.2) is 26.5 Å². The molecular formula is C15H25NO2S. The van der Waals surface area contributed by atoms with Crippen LogP contribution in [0.2, 0.25) is 0 Å². The van der Waals surface area contributed by atoms with E-state index in [-0.39, 0.29) is 6.04 Å². The van der Waals surface area contributed by atoms with Crippen molar-refractivity contribution >= 4 is 9.84 Å². The molecule has 1 aromatic carbocycles. The van der Waals surface area contributed by atoms with Gasteiger partial charge in [-0.15, -0.1) is 0 Å². The summed E-state index contributed by atoms with van der Waals surface area (Å²) in [6, 6.07) is 6.04. The lowest BCUT2D eigenvalue weighted by atomic mass is 9.97. The molecule has 2 atom stereocenters. The van der Waals surface area contributed by atoms with Crippen LogP contribution >= 0.6 is 0 Å². The van der Waals surface area contributed by atoms with Crippen LogP contribution in [0.1, 0.15) is 43.0 Å². The lowest BCUT2D eigenvalue weighted by Gasteiger charge is -2.26. The average Bonchev–Trinajstić information content (AvgIpc) is 2.30. The highest BCUT2D eigenvalue weighted by Crippen LogP contribution is 2.25. The van der Waals surface area contributed by atoms with Crippen LogP contribution in [0.4, 0.5) is 0 Å². The van der Waals surface area contributed by atoms with Crippen LogP contribution in [0.15, 0.2) is 18.2 Å². The molecule has 1 N–H and O–H groups in total. The smallest absolute Gasteiger partial charge is 0.151 e. The molecule has 0 amide bonds. The second-order valence-electron chi connectivity index (χ2n) is 5.33. The second kappa shape index (κ2) is 6.53. The fourth-order valence-electron chi connectivity index (χ4n) is 2.25. The first kappa shape index (κ1) is 16.2. The van der Waals surface area contributed by atoms with E-state index in [1.807, 2.05) is 26.0 Å². The van der Waals surface area contributed by atoms with Crippen molar-refractivity contribution in [2.75, 3.05) is 12.8 Å². The third-order valence-electron chi connectivity index (χ3n) is 3.52. The Hall–Kier alpha value is -0.870. The van der Waals surface area contributed by atoms with Gasteiger partial charge in [-0.25, -0.2) is 8.42 Å². The van der Waals surface area contributed by atoms with E-state index in [1.54, 1.807) is 6.92 Å². The monoisotopic (exact) mass is 283 g/mol. The van der Waals surface area contributed by atoms with Crippen molar-refractivity contribution in [3.8, 4) is 0 Å². The first-order valence-corrected chi connectivity index (χ1v) is 8.72. The largest absolute Gasteiger partial charge is 0.309 e. The third kappa shape index (κ3) is 4.32. The van der Waals surface area contributed by atoms with Gasteiger partial charge in [-0.3, -0.25) is 0 Å². The normalized spacial score (nSPS) is 15.2. The zero-order chi connectivity index (χ0) is 14.6. The predicted octanol–water partition coefficient (Wildman–Crippen LogP) is 2.78. The molecule has 0 fully saturated rings. The first-order chi connectivity index (χ1) is 8.77. The minimum absolute atomic E-state index is 0.143. The molecule has 108 valence electrons. The Kier molecular flexibility index (Phi) is 5.56. The molecule has 3 nitrogen and oxygen atoms in total. The maximum absolute atomic E-state index is 11.8. The molecule has 0 saturated heterocycles. The topological polar surface area (TPSA) is 46.2 Å². The lowest BCUT2D eigenvalue weighted by Crippen LogP contribution is -2.35. The van der Waals surface area contributed by atoms with E-state index >= 15 is 0 Å². The predicted molar refractivity (Wildman–Crippen MR) is 81.3 cm³/mol. The number of nitrogens with one attached hydrogen (secondary N) is 1. The minimum Gasteiger partial charge on any atom is -0.309 e. The number of hydrogen-bond acceptors (Lipinski definition) is 3. The Morgan fingerprint density at radius 1 is 1.26 bits per heavy atom. The van der Waals surface area contributed by atoms with Gasteiger partial charge in [-0.05, 0) is 44.9 Å². The Labute approximate surface area is 117 Å². The van der Waals surface area contributed by atoms with Gasteiger partial charge in [0, 0.05) is 12.3 Å². The van der Waals surface area contributed by atoms with E-state index in [0.29, 0.717) is 0 Å². The Morgan fingerprint density at radius 2 is 1.89 bits per heavy atom. The van der Waals surface area contributed by atoms with Gasteiger partial charge in [0.15, 0.2) is 9.84 Å². The lowest BCUT2D eigenvalue weighted by molar-refractivity contribution is 0.499. The van der Waals surface area contributed by atoms with Crippen LogP contribution in [-0.2, 0) is 9.84 Å². The van der Waals surface area contributed by atoms with Gasteiger partial charge >= 0.3 is 0 Å². The zero-order valence-corrected chi connectivity index (χ0v) is 13.3. The van der Waals surface area contributed by atoms with Gasteiger partial charge in [0.1, 0.15) is 0 Å². The molecule has 1 aromatic rings. The highest BCUT2D eigenvalue weighted by Gasteiger charge is 2.27. The summed E-state index contributed by atoms with van der Waals surface area (Å²) in [5.41, 5.74) is 3.42. The van der Waals surface area contributed by atoms with Crippen LogP contribution in [0.3, 0.4) is 0 Å². The average molecular weight is 283 g/mol. The van der Waals surface area contributed by atoms with E-state index in [9.17, 15) is 8.42 Å². The highest BCUT2D eigenvalue weighted by atomic mass is 32.2. The van der Waals surface area contributed by atoms with Gasteiger partial charge in [0.05, 0.1) is 5.25 Å². The van der Waals surface area contributed by atoms with Crippen molar-refractivity contribution in [1.29, 1.82) is 0 Å². The quantitative estimate of drug-likeness (QED) is 0.873. The summed E-state index contributed by atoms with van der Waals surface area (Å²) in [7, 11) is -3.07. The van der Waals surface area contributed by atoms with Crippen molar-refractivity contribution < 1.29 is 8.42 Å². The van der Waals surface area contributed by atoms with Crippen molar-refractivity contribution in [1.82, 2.24) is 5.32 Å². The summed E-state index contributed by atoms with van der Waals surface area (Å²) in [5, 5.41) is 2.94. The molecule has 4 heteroatoms. The molecule has 0 bridgehead atoms. The molecular weight excluding hydrogens is 258 g/mol.